The van der Waals surface area contributed by atoms with Gasteiger partial charge < -0.3 is 4.90 Å². The molecule has 2 heterocycles. The number of carbonyl (C=O) groups excluding carboxylic acids is 2. The topological polar surface area (TPSA) is 55.2 Å². The molecule has 1 aromatic carbocycles. The molecular formula is C17H17N3O2. The van der Waals surface area contributed by atoms with E-state index in [1.54, 1.807) is 34.0 Å². The van der Waals surface area contributed by atoms with Crippen molar-refractivity contribution in [3.05, 3.63) is 53.9 Å². The van der Waals surface area contributed by atoms with Crippen molar-refractivity contribution >= 4 is 23.5 Å². The van der Waals surface area contributed by atoms with Crippen LogP contribution >= 0.6 is 0 Å². The molecule has 0 bridgehead atoms. The molecule has 5 heteroatoms. The Kier molecular flexibility index (Phi) is 3.87. The lowest BCUT2D eigenvalue weighted by molar-refractivity contribution is -0.117. The van der Waals surface area contributed by atoms with Crippen LogP contribution in [0, 0.1) is 0 Å². The van der Waals surface area contributed by atoms with E-state index < -0.39 is 0 Å². The standard InChI is InChI=1S/C17H17N3O2/c1-19-12-13(11-18-19)4-9-16(21)14-5-7-15(8-6-14)20-10-2-3-17(20)22/h4-9,11-12H,2-3,10H2,1H3/b9-4-. The first kappa shape index (κ1) is 14.3. The first-order chi connectivity index (χ1) is 10.6. The zero-order valence-electron chi connectivity index (χ0n) is 12.4. The Labute approximate surface area is 128 Å². The number of benzene rings is 1. The van der Waals surface area contributed by atoms with E-state index in [0.29, 0.717) is 12.0 Å². The van der Waals surface area contributed by atoms with Gasteiger partial charge in [0.2, 0.25) is 5.91 Å². The summed E-state index contributed by atoms with van der Waals surface area (Å²) < 4.78 is 1.69. The second-order valence-electron chi connectivity index (χ2n) is 5.34. The van der Waals surface area contributed by atoms with Crippen molar-refractivity contribution in [2.45, 2.75) is 12.8 Å². The average molecular weight is 295 g/mol. The molecule has 1 aliphatic rings. The third kappa shape index (κ3) is 2.98. The third-order valence-electron chi connectivity index (χ3n) is 3.69. The van der Waals surface area contributed by atoms with Gasteiger partial charge in [0.15, 0.2) is 5.78 Å². The highest BCUT2D eigenvalue weighted by Crippen LogP contribution is 2.21. The molecule has 0 aliphatic carbocycles. The molecule has 1 aromatic heterocycles. The molecule has 0 unspecified atom stereocenters. The number of aromatic nitrogens is 2. The molecule has 0 radical (unpaired) electrons. The van der Waals surface area contributed by atoms with Crippen LogP contribution in [0.15, 0.2) is 42.7 Å². The maximum absolute atomic E-state index is 12.1. The number of ketones is 1. The second-order valence-corrected chi connectivity index (χ2v) is 5.34. The van der Waals surface area contributed by atoms with Gasteiger partial charge in [-0.25, -0.2) is 0 Å². The highest BCUT2D eigenvalue weighted by Gasteiger charge is 2.21. The van der Waals surface area contributed by atoms with Gasteiger partial charge >= 0.3 is 0 Å². The van der Waals surface area contributed by atoms with Crippen molar-refractivity contribution in [1.82, 2.24) is 9.78 Å². The van der Waals surface area contributed by atoms with Crippen LogP contribution in [-0.4, -0.2) is 28.0 Å². The molecule has 22 heavy (non-hydrogen) atoms. The van der Waals surface area contributed by atoms with Crippen LogP contribution in [0.2, 0.25) is 0 Å². The summed E-state index contributed by atoms with van der Waals surface area (Å²) in [5.74, 6) is 0.0821. The predicted octanol–water partition coefficient (Wildman–Crippen LogP) is 2.44. The third-order valence-corrected chi connectivity index (χ3v) is 3.69. The molecule has 1 amide bonds. The van der Waals surface area contributed by atoms with Gasteiger partial charge in [0.1, 0.15) is 0 Å². The highest BCUT2D eigenvalue weighted by atomic mass is 16.2. The lowest BCUT2D eigenvalue weighted by Gasteiger charge is -2.15. The summed E-state index contributed by atoms with van der Waals surface area (Å²) in [4.78, 5) is 25.6. The Balaban J connectivity index is 1.71. The van der Waals surface area contributed by atoms with Crippen LogP contribution in [0.5, 0.6) is 0 Å². The van der Waals surface area contributed by atoms with E-state index in [0.717, 1.165) is 24.2 Å². The summed E-state index contributed by atoms with van der Waals surface area (Å²) >= 11 is 0. The summed E-state index contributed by atoms with van der Waals surface area (Å²) in [6.07, 6.45) is 8.32. The minimum atomic E-state index is -0.0665. The zero-order valence-corrected chi connectivity index (χ0v) is 12.4. The smallest absolute Gasteiger partial charge is 0.227 e. The van der Waals surface area contributed by atoms with Crippen LogP contribution in [-0.2, 0) is 11.8 Å². The van der Waals surface area contributed by atoms with E-state index in [2.05, 4.69) is 5.10 Å². The zero-order chi connectivity index (χ0) is 15.5. The quantitative estimate of drug-likeness (QED) is 0.643. The SMILES string of the molecule is Cn1cc(/C=C\C(=O)c2ccc(N3CCCC3=O)cc2)cn1. The van der Waals surface area contributed by atoms with E-state index in [1.165, 1.54) is 6.08 Å². The molecule has 0 spiro atoms. The van der Waals surface area contributed by atoms with E-state index in [-0.39, 0.29) is 11.7 Å². The maximum atomic E-state index is 12.1. The van der Waals surface area contributed by atoms with Gasteiger partial charge in [-0.15, -0.1) is 0 Å². The number of carbonyl (C=O) groups is 2. The Morgan fingerprint density at radius 1 is 1.27 bits per heavy atom. The second kappa shape index (κ2) is 5.97. The Hall–Kier alpha value is -2.69. The van der Waals surface area contributed by atoms with Crippen molar-refractivity contribution in [2.24, 2.45) is 7.05 Å². The molecule has 1 aliphatic heterocycles. The van der Waals surface area contributed by atoms with Crippen molar-refractivity contribution in [3.63, 3.8) is 0 Å². The Morgan fingerprint density at radius 2 is 2.05 bits per heavy atom. The van der Waals surface area contributed by atoms with Crippen molar-refractivity contribution in [2.75, 3.05) is 11.4 Å². The van der Waals surface area contributed by atoms with Crippen LogP contribution < -0.4 is 4.90 Å². The van der Waals surface area contributed by atoms with Gasteiger partial charge in [-0.3, -0.25) is 14.3 Å². The van der Waals surface area contributed by atoms with E-state index in [1.807, 2.05) is 25.4 Å². The normalized spacial score (nSPS) is 15.0. The molecule has 0 N–H and O–H groups in total. The molecular weight excluding hydrogens is 278 g/mol. The first-order valence-corrected chi connectivity index (χ1v) is 7.25. The number of amides is 1. The number of nitrogens with zero attached hydrogens (tertiary/aromatic N) is 3. The van der Waals surface area contributed by atoms with Crippen molar-refractivity contribution < 1.29 is 9.59 Å². The molecule has 5 nitrogen and oxygen atoms in total. The molecule has 1 saturated heterocycles. The molecule has 2 aromatic rings. The Bertz CT molecular complexity index is 729. The van der Waals surface area contributed by atoms with Crippen molar-refractivity contribution in [1.29, 1.82) is 0 Å². The van der Waals surface area contributed by atoms with Crippen molar-refractivity contribution in [3.8, 4) is 0 Å². The fraction of sp³-hybridized carbons (Fsp3) is 0.235. The lowest BCUT2D eigenvalue weighted by Crippen LogP contribution is -2.23. The van der Waals surface area contributed by atoms with Gasteiger partial charge in [-0.2, -0.15) is 5.10 Å². The largest absolute Gasteiger partial charge is 0.312 e. The van der Waals surface area contributed by atoms with Crippen LogP contribution in [0.3, 0.4) is 0 Å². The number of aryl methyl sites for hydroxylation is 1. The number of hydrogen-bond donors (Lipinski definition) is 0. The Morgan fingerprint density at radius 3 is 2.64 bits per heavy atom. The minimum absolute atomic E-state index is 0.0665. The highest BCUT2D eigenvalue weighted by molar-refractivity contribution is 6.07. The number of rotatable bonds is 4. The van der Waals surface area contributed by atoms with Gasteiger partial charge in [-0.1, -0.05) is 0 Å². The molecule has 0 atom stereocenters. The van der Waals surface area contributed by atoms with Gasteiger partial charge in [0.25, 0.3) is 0 Å². The molecule has 3 rings (SSSR count). The monoisotopic (exact) mass is 295 g/mol. The summed E-state index contributed by atoms with van der Waals surface area (Å²) in [6.45, 7) is 0.757. The van der Waals surface area contributed by atoms with Gasteiger partial charge in [-0.05, 0) is 42.8 Å². The number of allylic oxidation sites excluding steroid dienone is 1. The summed E-state index contributed by atoms with van der Waals surface area (Å²) in [5.41, 5.74) is 2.35. The average Bonchev–Trinajstić information content (AvgIpc) is 3.13. The maximum Gasteiger partial charge on any atom is 0.227 e. The van der Waals surface area contributed by atoms with Gasteiger partial charge in [0, 0.05) is 43.0 Å². The van der Waals surface area contributed by atoms with Crippen LogP contribution in [0.25, 0.3) is 6.08 Å². The molecule has 0 saturated carbocycles. The summed E-state index contributed by atoms with van der Waals surface area (Å²) in [7, 11) is 1.83. The van der Waals surface area contributed by atoms with Crippen LogP contribution in [0.1, 0.15) is 28.8 Å². The lowest BCUT2D eigenvalue weighted by atomic mass is 10.1. The minimum Gasteiger partial charge on any atom is -0.312 e. The first-order valence-electron chi connectivity index (χ1n) is 7.25. The summed E-state index contributed by atoms with van der Waals surface area (Å²) in [5, 5.41) is 4.05. The predicted molar refractivity (Wildman–Crippen MR) is 84.6 cm³/mol. The molecule has 112 valence electrons. The van der Waals surface area contributed by atoms with Gasteiger partial charge in [0.05, 0.1) is 6.20 Å². The molecule has 1 fully saturated rings. The number of hydrogen-bond acceptors (Lipinski definition) is 3. The number of anilines is 1. The fourth-order valence-electron chi connectivity index (χ4n) is 2.52. The van der Waals surface area contributed by atoms with Crippen LogP contribution in [0.4, 0.5) is 5.69 Å². The van der Waals surface area contributed by atoms with E-state index in [4.69, 9.17) is 0 Å². The van der Waals surface area contributed by atoms with E-state index >= 15 is 0 Å². The summed E-state index contributed by atoms with van der Waals surface area (Å²) in [6, 6.07) is 7.18. The van der Waals surface area contributed by atoms with E-state index in [9.17, 15) is 9.59 Å². The fourth-order valence-corrected chi connectivity index (χ4v) is 2.52.